The maximum absolute atomic E-state index is 5.01. The minimum absolute atomic E-state index is 0.819. The van der Waals surface area contributed by atoms with Gasteiger partial charge in [0, 0.05) is 32.1 Å². The Labute approximate surface area is 155 Å². The molecule has 2 aromatic carbocycles. The summed E-state index contributed by atoms with van der Waals surface area (Å²) >= 11 is 0. The van der Waals surface area contributed by atoms with Gasteiger partial charge < -0.3 is 4.57 Å². The largest absolute Gasteiger partial charge is 0.327 e. The molecule has 2 heterocycles. The Morgan fingerprint density at radius 1 is 0.885 bits per heavy atom. The van der Waals surface area contributed by atoms with E-state index in [-0.39, 0.29) is 0 Å². The Hall–Kier alpha value is -2.13. The molecule has 0 saturated heterocycles. The van der Waals surface area contributed by atoms with E-state index < -0.39 is 0 Å². The summed E-state index contributed by atoms with van der Waals surface area (Å²) in [4.78, 5) is 7.73. The van der Waals surface area contributed by atoms with Crippen molar-refractivity contribution in [3.8, 4) is 11.1 Å². The smallest absolute Gasteiger partial charge is 0.111 e. The maximum atomic E-state index is 5.01. The molecule has 0 unspecified atom stereocenters. The highest BCUT2D eigenvalue weighted by Gasteiger charge is 2.25. The lowest BCUT2D eigenvalue weighted by Crippen LogP contribution is -2.35. The number of aromatic nitrogens is 2. The van der Waals surface area contributed by atoms with Gasteiger partial charge in [-0.3, -0.25) is 4.90 Å². The third-order valence-corrected chi connectivity index (χ3v) is 6.29. The van der Waals surface area contributed by atoms with Gasteiger partial charge in [0.2, 0.25) is 0 Å². The van der Waals surface area contributed by atoms with Crippen molar-refractivity contribution in [1.29, 1.82) is 0 Å². The first-order valence-electron chi connectivity index (χ1n) is 10.1. The fourth-order valence-corrected chi connectivity index (χ4v) is 4.76. The second kappa shape index (κ2) is 6.55. The molecule has 3 nitrogen and oxygen atoms in total. The molecule has 3 heteroatoms. The average molecular weight is 345 g/mol. The molecular formula is C23H27N3. The van der Waals surface area contributed by atoms with Crippen LogP contribution in [0.25, 0.3) is 22.2 Å². The highest BCUT2D eigenvalue weighted by atomic mass is 15.2. The van der Waals surface area contributed by atoms with Gasteiger partial charge in [0.25, 0.3) is 0 Å². The van der Waals surface area contributed by atoms with Crippen LogP contribution in [0.1, 0.15) is 37.1 Å². The molecule has 1 aromatic heterocycles. The zero-order chi connectivity index (χ0) is 17.5. The van der Waals surface area contributed by atoms with Crippen LogP contribution in [0.4, 0.5) is 0 Å². The lowest BCUT2D eigenvalue weighted by Gasteiger charge is -2.26. The van der Waals surface area contributed by atoms with Crippen molar-refractivity contribution in [2.75, 3.05) is 13.1 Å². The summed E-state index contributed by atoms with van der Waals surface area (Å²) in [7, 11) is 0. The van der Waals surface area contributed by atoms with Crippen LogP contribution in [0.2, 0.25) is 0 Å². The van der Waals surface area contributed by atoms with Crippen LogP contribution >= 0.6 is 0 Å². The molecule has 0 N–H and O–H groups in total. The van der Waals surface area contributed by atoms with Gasteiger partial charge in [0.1, 0.15) is 5.82 Å². The van der Waals surface area contributed by atoms with Crippen LogP contribution in [0.15, 0.2) is 42.5 Å². The van der Waals surface area contributed by atoms with E-state index in [0.29, 0.717) is 0 Å². The van der Waals surface area contributed by atoms with Gasteiger partial charge in [0.15, 0.2) is 0 Å². The summed E-state index contributed by atoms with van der Waals surface area (Å²) in [6, 6.07) is 16.4. The van der Waals surface area contributed by atoms with Crippen molar-refractivity contribution >= 4 is 11.0 Å². The number of nitrogens with zero attached hydrogens (tertiary/aromatic N) is 3. The standard InChI is InChI=1S/C23H27N3/c1-17-6-8-18(9-7-17)19-10-11-22-21(16-19)24-23-12-13-25(14-15-26(22)23)20-4-2-3-5-20/h6-11,16,20H,2-5,12-15H2,1H3. The number of imidazole rings is 1. The molecule has 1 fully saturated rings. The van der Waals surface area contributed by atoms with Crippen molar-refractivity contribution in [2.45, 2.75) is 51.6 Å². The minimum Gasteiger partial charge on any atom is -0.327 e. The second-order valence-electron chi connectivity index (χ2n) is 7.97. The van der Waals surface area contributed by atoms with E-state index in [2.05, 4.69) is 58.9 Å². The highest BCUT2D eigenvalue weighted by molar-refractivity contribution is 5.82. The monoisotopic (exact) mass is 345 g/mol. The van der Waals surface area contributed by atoms with E-state index in [1.807, 2.05) is 0 Å². The second-order valence-corrected chi connectivity index (χ2v) is 7.97. The maximum Gasteiger partial charge on any atom is 0.111 e. The zero-order valence-electron chi connectivity index (χ0n) is 15.6. The van der Waals surface area contributed by atoms with E-state index in [1.165, 1.54) is 66.8 Å². The first-order chi connectivity index (χ1) is 12.8. The predicted octanol–water partition coefficient (Wildman–Crippen LogP) is 4.81. The number of benzene rings is 2. The van der Waals surface area contributed by atoms with Gasteiger partial charge in [0.05, 0.1) is 11.0 Å². The van der Waals surface area contributed by atoms with Gasteiger partial charge in [-0.15, -0.1) is 0 Å². The van der Waals surface area contributed by atoms with Crippen molar-refractivity contribution < 1.29 is 0 Å². The molecular weight excluding hydrogens is 318 g/mol. The zero-order valence-corrected chi connectivity index (χ0v) is 15.6. The van der Waals surface area contributed by atoms with Crippen molar-refractivity contribution in [2.24, 2.45) is 0 Å². The molecule has 134 valence electrons. The summed E-state index contributed by atoms with van der Waals surface area (Å²) in [5.41, 5.74) is 6.28. The summed E-state index contributed by atoms with van der Waals surface area (Å²) < 4.78 is 2.46. The summed E-state index contributed by atoms with van der Waals surface area (Å²) in [5, 5.41) is 0. The van der Waals surface area contributed by atoms with Gasteiger partial charge in [-0.25, -0.2) is 4.98 Å². The third-order valence-electron chi connectivity index (χ3n) is 6.29. The van der Waals surface area contributed by atoms with Crippen LogP contribution < -0.4 is 0 Å². The van der Waals surface area contributed by atoms with Crippen molar-refractivity contribution in [1.82, 2.24) is 14.5 Å². The number of rotatable bonds is 2. The molecule has 0 atom stereocenters. The summed E-state index contributed by atoms with van der Waals surface area (Å²) in [5.74, 6) is 1.27. The fourth-order valence-electron chi connectivity index (χ4n) is 4.76. The van der Waals surface area contributed by atoms with E-state index in [1.54, 1.807) is 0 Å². The molecule has 0 amide bonds. The predicted molar refractivity (Wildman–Crippen MR) is 107 cm³/mol. The van der Waals surface area contributed by atoms with E-state index in [0.717, 1.165) is 24.5 Å². The van der Waals surface area contributed by atoms with Gasteiger partial charge in [-0.05, 0) is 43.0 Å². The average Bonchev–Trinajstić information content (AvgIpc) is 3.26. The lowest BCUT2D eigenvalue weighted by atomic mass is 10.0. The molecule has 26 heavy (non-hydrogen) atoms. The van der Waals surface area contributed by atoms with Crippen LogP contribution in [-0.4, -0.2) is 33.6 Å². The molecule has 1 saturated carbocycles. The summed E-state index contributed by atoms with van der Waals surface area (Å²) in [6.07, 6.45) is 6.68. The van der Waals surface area contributed by atoms with E-state index in [9.17, 15) is 0 Å². The quantitative estimate of drug-likeness (QED) is 0.664. The van der Waals surface area contributed by atoms with Gasteiger partial charge >= 0.3 is 0 Å². The lowest BCUT2D eigenvalue weighted by molar-refractivity contribution is 0.203. The third kappa shape index (κ3) is 2.84. The molecule has 1 aliphatic heterocycles. The first kappa shape index (κ1) is 16.1. The van der Waals surface area contributed by atoms with Crippen LogP contribution in [-0.2, 0) is 13.0 Å². The molecule has 5 rings (SSSR count). The number of hydrogen-bond donors (Lipinski definition) is 0. The Balaban J connectivity index is 1.44. The van der Waals surface area contributed by atoms with E-state index in [4.69, 9.17) is 4.98 Å². The normalized spacial score (nSPS) is 19.0. The topological polar surface area (TPSA) is 21.1 Å². The van der Waals surface area contributed by atoms with Gasteiger partial charge in [-0.1, -0.05) is 48.7 Å². The first-order valence-corrected chi connectivity index (χ1v) is 10.1. The Morgan fingerprint density at radius 3 is 2.46 bits per heavy atom. The van der Waals surface area contributed by atoms with Crippen LogP contribution in [0, 0.1) is 6.92 Å². The number of fused-ring (bicyclic) bond motifs is 3. The number of hydrogen-bond acceptors (Lipinski definition) is 2. The Kier molecular flexibility index (Phi) is 4.05. The van der Waals surface area contributed by atoms with Gasteiger partial charge in [-0.2, -0.15) is 0 Å². The molecule has 0 radical (unpaired) electrons. The van der Waals surface area contributed by atoms with Crippen LogP contribution in [0.3, 0.4) is 0 Å². The summed E-state index contributed by atoms with van der Waals surface area (Å²) in [6.45, 7) is 5.54. The Bertz CT molecular complexity index is 917. The molecule has 2 aliphatic rings. The number of aryl methyl sites for hydroxylation is 1. The van der Waals surface area contributed by atoms with Crippen LogP contribution in [0.5, 0.6) is 0 Å². The highest BCUT2D eigenvalue weighted by Crippen LogP contribution is 2.28. The molecule has 1 aliphatic carbocycles. The Morgan fingerprint density at radius 2 is 1.65 bits per heavy atom. The van der Waals surface area contributed by atoms with Crippen molar-refractivity contribution in [3.05, 3.63) is 53.9 Å². The van der Waals surface area contributed by atoms with E-state index >= 15 is 0 Å². The fraction of sp³-hybridized carbons (Fsp3) is 0.435. The molecule has 0 bridgehead atoms. The minimum atomic E-state index is 0.819. The SMILES string of the molecule is Cc1ccc(-c2ccc3c(c2)nc2n3CCN(C3CCCC3)CC2)cc1. The molecule has 3 aromatic rings. The van der Waals surface area contributed by atoms with Crippen molar-refractivity contribution in [3.63, 3.8) is 0 Å². The molecule has 0 spiro atoms.